The molecule has 5 nitrogen and oxygen atoms in total. The van der Waals surface area contributed by atoms with E-state index in [0.29, 0.717) is 10.7 Å². The minimum atomic E-state index is -3.90. The molecule has 0 fully saturated rings. The number of hydrogen-bond donors (Lipinski definition) is 0. The highest BCUT2D eigenvalue weighted by atomic mass is 35.5. The molecule has 29 heavy (non-hydrogen) atoms. The van der Waals surface area contributed by atoms with Gasteiger partial charge in [0.25, 0.3) is 0 Å². The third kappa shape index (κ3) is 5.23. The average Bonchev–Trinajstić information content (AvgIpc) is 2.74. The molecule has 1 amide bonds. The highest BCUT2D eigenvalue weighted by Crippen LogP contribution is 2.21. The second-order valence-corrected chi connectivity index (χ2v) is 8.88. The quantitative estimate of drug-likeness (QED) is 0.566. The van der Waals surface area contributed by atoms with Crippen LogP contribution in [0.25, 0.3) is 0 Å². The molecule has 0 aliphatic heterocycles. The number of para-hydroxylation sites is 1. The smallest absolute Gasteiger partial charge is 0.243 e. The standard InChI is InChI=1S/C22H21ClN2O3S/c1-24(20-10-6-3-7-11-20)22(26)17-25(16-18-8-4-2-5-9-18)29(27,28)21-14-12-19(23)13-15-21/h2-15H,16-17H2,1H3. The number of rotatable bonds is 7. The zero-order chi connectivity index (χ0) is 20.9. The van der Waals surface area contributed by atoms with Gasteiger partial charge in [-0.25, -0.2) is 8.42 Å². The van der Waals surface area contributed by atoms with Crippen LogP contribution in [0.15, 0.2) is 89.8 Å². The molecule has 150 valence electrons. The largest absolute Gasteiger partial charge is 0.314 e. The van der Waals surface area contributed by atoms with Crippen molar-refractivity contribution in [2.75, 3.05) is 18.5 Å². The Morgan fingerprint density at radius 1 is 0.862 bits per heavy atom. The highest BCUT2D eigenvalue weighted by molar-refractivity contribution is 7.89. The summed E-state index contributed by atoms with van der Waals surface area (Å²) in [6, 6.07) is 24.2. The number of benzene rings is 3. The minimum absolute atomic E-state index is 0.0835. The first-order chi connectivity index (χ1) is 13.9. The van der Waals surface area contributed by atoms with Gasteiger partial charge < -0.3 is 4.90 Å². The normalized spacial score (nSPS) is 11.4. The first-order valence-corrected chi connectivity index (χ1v) is 10.8. The number of sulfonamides is 1. The maximum Gasteiger partial charge on any atom is 0.243 e. The van der Waals surface area contributed by atoms with Crippen molar-refractivity contribution in [2.24, 2.45) is 0 Å². The Morgan fingerprint density at radius 3 is 2.00 bits per heavy atom. The summed E-state index contributed by atoms with van der Waals surface area (Å²) in [5.74, 6) is -0.329. The first kappa shape index (κ1) is 21.0. The van der Waals surface area contributed by atoms with Gasteiger partial charge >= 0.3 is 0 Å². The summed E-state index contributed by atoms with van der Waals surface area (Å²) in [6.07, 6.45) is 0. The lowest BCUT2D eigenvalue weighted by Crippen LogP contribution is -2.41. The van der Waals surface area contributed by atoms with E-state index in [4.69, 9.17) is 11.6 Å². The fraction of sp³-hybridized carbons (Fsp3) is 0.136. The lowest BCUT2D eigenvalue weighted by atomic mass is 10.2. The van der Waals surface area contributed by atoms with E-state index in [0.717, 1.165) is 5.56 Å². The van der Waals surface area contributed by atoms with Crippen molar-refractivity contribution in [3.63, 3.8) is 0 Å². The second kappa shape index (κ2) is 9.22. The van der Waals surface area contributed by atoms with E-state index < -0.39 is 10.0 Å². The lowest BCUT2D eigenvalue weighted by Gasteiger charge is -2.25. The maximum absolute atomic E-state index is 13.3. The molecule has 0 spiro atoms. The summed E-state index contributed by atoms with van der Waals surface area (Å²) < 4.78 is 27.7. The van der Waals surface area contributed by atoms with Gasteiger partial charge in [-0.2, -0.15) is 4.31 Å². The number of nitrogens with zero attached hydrogens (tertiary/aromatic N) is 2. The SMILES string of the molecule is CN(C(=O)CN(Cc1ccccc1)S(=O)(=O)c1ccc(Cl)cc1)c1ccccc1. The Balaban J connectivity index is 1.90. The molecule has 0 saturated carbocycles. The number of carbonyl (C=O) groups excluding carboxylic acids is 1. The monoisotopic (exact) mass is 428 g/mol. The molecule has 0 atom stereocenters. The molecule has 0 unspecified atom stereocenters. The van der Waals surface area contributed by atoms with Gasteiger partial charge in [-0.05, 0) is 42.0 Å². The van der Waals surface area contributed by atoms with E-state index in [1.165, 1.54) is 33.5 Å². The Morgan fingerprint density at radius 2 is 1.41 bits per heavy atom. The molecular weight excluding hydrogens is 408 g/mol. The van der Waals surface area contributed by atoms with Crippen molar-refractivity contribution in [3.05, 3.63) is 95.5 Å². The first-order valence-electron chi connectivity index (χ1n) is 8.99. The van der Waals surface area contributed by atoms with Crippen LogP contribution < -0.4 is 4.90 Å². The number of hydrogen-bond acceptors (Lipinski definition) is 3. The minimum Gasteiger partial charge on any atom is -0.314 e. The summed E-state index contributed by atoms with van der Waals surface area (Å²) in [7, 11) is -2.27. The zero-order valence-electron chi connectivity index (χ0n) is 15.9. The van der Waals surface area contributed by atoms with Crippen molar-refractivity contribution in [1.82, 2.24) is 4.31 Å². The number of anilines is 1. The van der Waals surface area contributed by atoms with Gasteiger partial charge in [0.1, 0.15) is 0 Å². The number of halogens is 1. The van der Waals surface area contributed by atoms with Gasteiger partial charge in [0.05, 0.1) is 11.4 Å². The van der Waals surface area contributed by atoms with Crippen molar-refractivity contribution in [2.45, 2.75) is 11.4 Å². The van der Waals surface area contributed by atoms with E-state index in [1.807, 2.05) is 48.5 Å². The van der Waals surface area contributed by atoms with Crippen LogP contribution in [0, 0.1) is 0 Å². The summed E-state index contributed by atoms with van der Waals surface area (Å²) in [4.78, 5) is 14.4. The molecule has 0 saturated heterocycles. The van der Waals surface area contributed by atoms with Gasteiger partial charge in [-0.1, -0.05) is 60.1 Å². The Hall–Kier alpha value is -2.67. The van der Waals surface area contributed by atoms with Crippen LogP contribution in [-0.2, 0) is 21.4 Å². The molecule has 0 aromatic heterocycles. The average molecular weight is 429 g/mol. The second-order valence-electron chi connectivity index (χ2n) is 6.50. The third-order valence-corrected chi connectivity index (χ3v) is 6.54. The fourth-order valence-electron chi connectivity index (χ4n) is 2.82. The van der Waals surface area contributed by atoms with E-state index in [1.54, 1.807) is 19.2 Å². The van der Waals surface area contributed by atoms with Gasteiger partial charge in [0.15, 0.2) is 0 Å². The fourth-order valence-corrected chi connectivity index (χ4v) is 4.32. The third-order valence-electron chi connectivity index (χ3n) is 4.48. The zero-order valence-corrected chi connectivity index (χ0v) is 17.5. The van der Waals surface area contributed by atoms with Crippen LogP contribution in [0.1, 0.15) is 5.56 Å². The highest BCUT2D eigenvalue weighted by Gasteiger charge is 2.28. The van der Waals surface area contributed by atoms with E-state index in [-0.39, 0.29) is 23.9 Å². The maximum atomic E-state index is 13.3. The Bertz CT molecular complexity index is 1060. The summed E-state index contributed by atoms with van der Waals surface area (Å²) >= 11 is 5.90. The predicted molar refractivity (Wildman–Crippen MR) is 115 cm³/mol. The van der Waals surface area contributed by atoms with E-state index in [2.05, 4.69) is 0 Å². The van der Waals surface area contributed by atoms with Gasteiger partial charge in [0, 0.05) is 24.3 Å². The van der Waals surface area contributed by atoms with Gasteiger partial charge in [-0.15, -0.1) is 0 Å². The molecule has 0 aliphatic rings. The molecule has 7 heteroatoms. The number of carbonyl (C=O) groups is 1. The summed E-state index contributed by atoms with van der Waals surface area (Å²) in [6.45, 7) is -0.203. The van der Waals surface area contributed by atoms with Gasteiger partial charge in [0.2, 0.25) is 15.9 Å². The molecule has 0 N–H and O–H groups in total. The molecule has 3 aromatic carbocycles. The summed E-state index contributed by atoms with van der Waals surface area (Å²) in [5.41, 5.74) is 1.49. The van der Waals surface area contributed by atoms with Crippen molar-refractivity contribution < 1.29 is 13.2 Å². The molecule has 0 aliphatic carbocycles. The lowest BCUT2D eigenvalue weighted by molar-refractivity contribution is -0.118. The van der Waals surface area contributed by atoms with E-state index in [9.17, 15) is 13.2 Å². The molecule has 0 heterocycles. The molecule has 3 rings (SSSR count). The van der Waals surface area contributed by atoms with Crippen LogP contribution in [-0.4, -0.2) is 32.2 Å². The van der Waals surface area contributed by atoms with Crippen molar-refractivity contribution in [1.29, 1.82) is 0 Å². The van der Waals surface area contributed by atoms with Crippen molar-refractivity contribution >= 4 is 33.2 Å². The molecule has 3 aromatic rings. The number of amides is 1. The Labute approximate surface area is 176 Å². The Kier molecular flexibility index (Phi) is 6.69. The van der Waals surface area contributed by atoms with Crippen LogP contribution >= 0.6 is 11.6 Å². The predicted octanol–water partition coefficient (Wildman–Crippen LogP) is 4.19. The van der Waals surface area contributed by atoms with Crippen LogP contribution in [0.2, 0.25) is 5.02 Å². The molecule has 0 radical (unpaired) electrons. The molecular formula is C22H21ClN2O3S. The van der Waals surface area contributed by atoms with Crippen LogP contribution in [0.5, 0.6) is 0 Å². The van der Waals surface area contributed by atoms with Crippen LogP contribution in [0.4, 0.5) is 5.69 Å². The topological polar surface area (TPSA) is 57.7 Å². The number of likely N-dealkylation sites (N-methyl/N-ethyl adjacent to an activating group) is 1. The van der Waals surface area contributed by atoms with Crippen molar-refractivity contribution in [3.8, 4) is 0 Å². The van der Waals surface area contributed by atoms with Gasteiger partial charge in [-0.3, -0.25) is 4.79 Å². The molecule has 0 bridgehead atoms. The van der Waals surface area contributed by atoms with E-state index >= 15 is 0 Å². The van der Waals surface area contributed by atoms with Crippen LogP contribution in [0.3, 0.4) is 0 Å². The summed E-state index contributed by atoms with van der Waals surface area (Å²) in [5, 5.41) is 0.443.